The van der Waals surface area contributed by atoms with E-state index in [-0.39, 0.29) is 11.9 Å². The van der Waals surface area contributed by atoms with Gasteiger partial charge in [-0.3, -0.25) is 10.1 Å². The van der Waals surface area contributed by atoms with Gasteiger partial charge in [0.1, 0.15) is 5.69 Å². The first-order valence-electron chi connectivity index (χ1n) is 6.48. The fourth-order valence-corrected chi connectivity index (χ4v) is 2.06. The first-order chi connectivity index (χ1) is 9.36. The van der Waals surface area contributed by atoms with E-state index in [1.165, 1.54) is 0 Å². The molecule has 1 amide bonds. The molecule has 0 fully saturated rings. The molecular weight excluding hydrogens is 254 g/mol. The fourth-order valence-electron chi connectivity index (χ4n) is 2.06. The van der Waals surface area contributed by atoms with E-state index in [1.54, 1.807) is 12.3 Å². The summed E-state index contributed by atoms with van der Waals surface area (Å²) in [6, 6.07) is 3.65. The molecule has 0 aliphatic heterocycles. The highest BCUT2D eigenvalue weighted by atomic mass is 16.2. The van der Waals surface area contributed by atoms with Crippen molar-refractivity contribution in [2.75, 3.05) is 11.1 Å². The van der Waals surface area contributed by atoms with Gasteiger partial charge in [0.15, 0.2) is 0 Å². The average Bonchev–Trinajstić information content (AvgIpc) is 2.70. The van der Waals surface area contributed by atoms with E-state index in [9.17, 15) is 4.79 Å². The Morgan fingerprint density at radius 1 is 1.25 bits per heavy atom. The van der Waals surface area contributed by atoms with Crippen molar-refractivity contribution < 1.29 is 4.79 Å². The number of amides is 1. The normalized spacial score (nSPS) is 10.8. The number of rotatable bonds is 3. The van der Waals surface area contributed by atoms with Crippen molar-refractivity contribution in [3.63, 3.8) is 0 Å². The summed E-state index contributed by atoms with van der Waals surface area (Å²) < 4.78 is 1.83. The van der Waals surface area contributed by atoms with Crippen LogP contribution in [-0.4, -0.2) is 20.4 Å². The quantitative estimate of drug-likeness (QED) is 0.898. The first kappa shape index (κ1) is 14.0. The van der Waals surface area contributed by atoms with Crippen molar-refractivity contribution in [3.05, 3.63) is 35.4 Å². The minimum atomic E-state index is -0.264. The monoisotopic (exact) mass is 273 g/mol. The fraction of sp³-hybridized carbons (Fsp3) is 0.357. The Morgan fingerprint density at radius 3 is 2.40 bits per heavy atom. The molecule has 0 radical (unpaired) electrons. The van der Waals surface area contributed by atoms with Gasteiger partial charge >= 0.3 is 0 Å². The number of carbonyl (C=O) groups is 1. The van der Waals surface area contributed by atoms with Crippen LogP contribution < -0.4 is 11.1 Å². The van der Waals surface area contributed by atoms with E-state index >= 15 is 0 Å². The van der Waals surface area contributed by atoms with Crippen LogP contribution in [-0.2, 0) is 0 Å². The molecule has 0 bridgehead atoms. The summed E-state index contributed by atoms with van der Waals surface area (Å²) in [7, 11) is 0. The van der Waals surface area contributed by atoms with Gasteiger partial charge in [-0.15, -0.1) is 0 Å². The third kappa shape index (κ3) is 2.96. The highest BCUT2D eigenvalue weighted by molar-refractivity contribution is 6.02. The molecule has 0 aliphatic carbocycles. The zero-order valence-corrected chi connectivity index (χ0v) is 12.1. The van der Waals surface area contributed by atoms with Gasteiger partial charge in [0.25, 0.3) is 5.91 Å². The third-order valence-electron chi connectivity index (χ3n) is 2.87. The van der Waals surface area contributed by atoms with Crippen molar-refractivity contribution in [2.45, 2.75) is 33.7 Å². The maximum Gasteiger partial charge on any atom is 0.274 e. The van der Waals surface area contributed by atoms with E-state index in [2.05, 4.69) is 15.3 Å². The van der Waals surface area contributed by atoms with Crippen LogP contribution in [0.5, 0.6) is 0 Å². The zero-order chi connectivity index (χ0) is 14.9. The summed E-state index contributed by atoms with van der Waals surface area (Å²) in [5.41, 5.74) is 8.45. The maximum atomic E-state index is 12.3. The van der Waals surface area contributed by atoms with Crippen molar-refractivity contribution in [2.24, 2.45) is 0 Å². The molecule has 0 aliphatic rings. The maximum absolute atomic E-state index is 12.3. The predicted molar refractivity (Wildman–Crippen MR) is 78.7 cm³/mol. The second-order valence-corrected chi connectivity index (χ2v) is 5.09. The Kier molecular flexibility index (Phi) is 3.74. The van der Waals surface area contributed by atoms with Crippen LogP contribution >= 0.6 is 0 Å². The number of nitrogens with one attached hydrogen (secondary N) is 1. The van der Waals surface area contributed by atoms with Crippen LogP contribution in [0.25, 0.3) is 0 Å². The summed E-state index contributed by atoms with van der Waals surface area (Å²) >= 11 is 0. The molecule has 0 atom stereocenters. The van der Waals surface area contributed by atoms with Crippen LogP contribution in [0.1, 0.15) is 41.8 Å². The standard InChI is InChI=1S/C14H19N5O/c1-8(2)19-7-11(15)6-12(19)13(20)18-14-16-9(3)5-10(4)17-14/h5-8H,15H2,1-4H3,(H,16,17,18,20). The summed E-state index contributed by atoms with van der Waals surface area (Å²) in [4.78, 5) is 20.7. The zero-order valence-electron chi connectivity index (χ0n) is 12.1. The van der Waals surface area contributed by atoms with Gasteiger partial charge in [-0.25, -0.2) is 9.97 Å². The van der Waals surface area contributed by atoms with Crippen LogP contribution in [0.15, 0.2) is 18.3 Å². The van der Waals surface area contributed by atoms with Gasteiger partial charge in [-0.1, -0.05) is 0 Å². The lowest BCUT2D eigenvalue weighted by atomic mass is 10.3. The van der Waals surface area contributed by atoms with Crippen molar-refractivity contribution in [3.8, 4) is 0 Å². The Balaban J connectivity index is 2.28. The molecule has 3 N–H and O–H groups in total. The molecule has 0 saturated carbocycles. The van der Waals surface area contributed by atoms with Crippen LogP contribution in [0.2, 0.25) is 0 Å². The molecule has 0 aromatic carbocycles. The van der Waals surface area contributed by atoms with Crippen molar-refractivity contribution >= 4 is 17.5 Å². The molecular formula is C14H19N5O. The molecule has 20 heavy (non-hydrogen) atoms. The van der Waals surface area contributed by atoms with Gasteiger partial charge in [0.05, 0.1) is 5.69 Å². The highest BCUT2D eigenvalue weighted by Gasteiger charge is 2.16. The smallest absolute Gasteiger partial charge is 0.274 e. The number of nitrogen functional groups attached to an aromatic ring is 1. The van der Waals surface area contributed by atoms with Crippen LogP contribution in [0, 0.1) is 13.8 Å². The Bertz CT molecular complexity index is 625. The van der Waals surface area contributed by atoms with Gasteiger partial charge in [-0.05, 0) is 39.8 Å². The number of aromatic nitrogens is 3. The van der Waals surface area contributed by atoms with Gasteiger partial charge in [-0.2, -0.15) is 0 Å². The van der Waals surface area contributed by atoms with Crippen molar-refractivity contribution in [1.82, 2.24) is 14.5 Å². The second kappa shape index (κ2) is 5.32. The minimum Gasteiger partial charge on any atom is -0.397 e. The topological polar surface area (TPSA) is 85.8 Å². The number of hydrogen-bond acceptors (Lipinski definition) is 4. The molecule has 0 spiro atoms. The summed E-state index contributed by atoms with van der Waals surface area (Å²) in [6.07, 6.45) is 1.75. The van der Waals surface area contributed by atoms with E-state index < -0.39 is 0 Å². The summed E-state index contributed by atoms with van der Waals surface area (Å²) in [5, 5.41) is 2.71. The van der Waals surface area contributed by atoms with Crippen LogP contribution in [0.3, 0.4) is 0 Å². The SMILES string of the molecule is Cc1cc(C)nc(NC(=O)c2cc(N)cn2C(C)C)n1. The minimum absolute atomic E-state index is 0.146. The number of nitrogens with zero attached hydrogens (tertiary/aromatic N) is 3. The predicted octanol–water partition coefficient (Wildman–Crippen LogP) is 2.31. The molecule has 0 saturated heterocycles. The number of nitrogens with two attached hydrogens (primary N) is 1. The summed E-state index contributed by atoms with van der Waals surface area (Å²) in [5.74, 6) is 0.0444. The number of anilines is 2. The second-order valence-electron chi connectivity index (χ2n) is 5.09. The number of carbonyl (C=O) groups excluding carboxylic acids is 1. The van der Waals surface area contributed by atoms with Gasteiger partial charge < -0.3 is 10.3 Å². The molecule has 2 aromatic rings. The van der Waals surface area contributed by atoms with E-state index in [1.807, 2.05) is 38.3 Å². The lowest BCUT2D eigenvalue weighted by Gasteiger charge is -2.12. The molecule has 2 heterocycles. The van der Waals surface area contributed by atoms with E-state index in [4.69, 9.17) is 5.73 Å². The molecule has 6 heteroatoms. The molecule has 2 aromatic heterocycles. The Morgan fingerprint density at radius 2 is 1.85 bits per heavy atom. The van der Waals surface area contributed by atoms with Gasteiger partial charge in [0.2, 0.25) is 5.95 Å². The molecule has 0 unspecified atom stereocenters. The largest absolute Gasteiger partial charge is 0.397 e. The average molecular weight is 273 g/mol. The summed E-state index contributed by atoms with van der Waals surface area (Å²) in [6.45, 7) is 7.70. The highest BCUT2D eigenvalue weighted by Crippen LogP contribution is 2.17. The third-order valence-corrected chi connectivity index (χ3v) is 2.87. The molecule has 6 nitrogen and oxygen atoms in total. The van der Waals surface area contributed by atoms with Crippen molar-refractivity contribution in [1.29, 1.82) is 0 Å². The van der Waals surface area contributed by atoms with Crippen LogP contribution in [0.4, 0.5) is 11.6 Å². The van der Waals surface area contributed by atoms with Gasteiger partial charge in [0, 0.05) is 23.6 Å². The number of aryl methyl sites for hydroxylation is 2. The van der Waals surface area contributed by atoms with E-state index in [0.29, 0.717) is 17.3 Å². The Labute approximate surface area is 118 Å². The lowest BCUT2D eigenvalue weighted by molar-refractivity contribution is 0.101. The lowest BCUT2D eigenvalue weighted by Crippen LogP contribution is -2.19. The number of hydrogen-bond donors (Lipinski definition) is 2. The first-order valence-corrected chi connectivity index (χ1v) is 6.48. The Hall–Kier alpha value is -2.37. The van der Waals surface area contributed by atoms with E-state index in [0.717, 1.165) is 11.4 Å². The molecule has 2 rings (SSSR count). The molecule has 106 valence electrons.